The highest BCUT2D eigenvalue weighted by Gasteiger charge is 2.41. The predicted octanol–water partition coefficient (Wildman–Crippen LogP) is -1.07. The lowest BCUT2D eigenvalue weighted by atomic mass is 9.95. The molecule has 0 bridgehead atoms. The maximum atomic E-state index is 12.1. The van der Waals surface area contributed by atoms with Crippen LogP contribution in [0.2, 0.25) is 0 Å². The molecule has 1 aliphatic rings. The van der Waals surface area contributed by atoms with Gasteiger partial charge in [-0.25, -0.2) is 4.79 Å². The number of aromatic amines is 1. The predicted molar refractivity (Wildman–Crippen MR) is 70.0 cm³/mol. The molecule has 7 heteroatoms. The van der Waals surface area contributed by atoms with Gasteiger partial charge in [-0.3, -0.25) is 14.2 Å². The summed E-state index contributed by atoms with van der Waals surface area (Å²) in [6.45, 7) is 2.19. The van der Waals surface area contributed by atoms with Crippen LogP contribution in [0.25, 0.3) is 0 Å². The summed E-state index contributed by atoms with van der Waals surface area (Å²) in [6.07, 6.45) is 3.19. The second kappa shape index (κ2) is 4.65. The van der Waals surface area contributed by atoms with Gasteiger partial charge in [0.2, 0.25) is 0 Å². The van der Waals surface area contributed by atoms with Gasteiger partial charge in [0.25, 0.3) is 11.5 Å². The van der Waals surface area contributed by atoms with E-state index in [2.05, 4.69) is 10.3 Å². The van der Waals surface area contributed by atoms with E-state index in [1.54, 1.807) is 0 Å². The first kappa shape index (κ1) is 13.5. The molecule has 4 N–H and O–H groups in total. The fourth-order valence-electron chi connectivity index (χ4n) is 2.09. The van der Waals surface area contributed by atoms with Crippen molar-refractivity contribution in [2.75, 3.05) is 6.54 Å². The third kappa shape index (κ3) is 2.46. The van der Waals surface area contributed by atoms with Crippen LogP contribution in [0, 0.1) is 5.92 Å². The van der Waals surface area contributed by atoms with Gasteiger partial charge in [-0.2, -0.15) is 0 Å². The average Bonchev–Trinajstić information content (AvgIpc) is 3.20. The summed E-state index contributed by atoms with van der Waals surface area (Å²) in [4.78, 5) is 37.6. The Morgan fingerprint density at radius 3 is 2.74 bits per heavy atom. The van der Waals surface area contributed by atoms with Crippen LogP contribution in [-0.2, 0) is 7.05 Å². The molecular formula is C12H18N4O3. The van der Waals surface area contributed by atoms with Crippen LogP contribution in [0.15, 0.2) is 15.8 Å². The lowest BCUT2D eigenvalue weighted by Gasteiger charge is -2.29. The quantitative estimate of drug-likeness (QED) is 0.644. The van der Waals surface area contributed by atoms with E-state index in [0.29, 0.717) is 12.5 Å². The van der Waals surface area contributed by atoms with Crippen molar-refractivity contribution in [2.45, 2.75) is 25.3 Å². The van der Waals surface area contributed by atoms with Crippen LogP contribution in [-0.4, -0.2) is 27.5 Å². The second-order valence-electron chi connectivity index (χ2n) is 5.22. The number of rotatable bonds is 4. The summed E-state index contributed by atoms with van der Waals surface area (Å²) in [6, 6.07) is 0. The Hall–Kier alpha value is -1.89. The maximum absolute atomic E-state index is 12.1. The largest absolute Gasteiger partial charge is 0.345 e. The van der Waals surface area contributed by atoms with E-state index in [4.69, 9.17) is 5.73 Å². The summed E-state index contributed by atoms with van der Waals surface area (Å²) in [7, 11) is 1.32. The third-order valence-electron chi connectivity index (χ3n) is 3.73. The van der Waals surface area contributed by atoms with Gasteiger partial charge in [-0.1, -0.05) is 0 Å². The Balaban J connectivity index is 2.28. The lowest BCUT2D eigenvalue weighted by Crippen LogP contribution is -2.54. The Bertz CT molecular complexity index is 614. The SMILES string of the molecule is Cn1c(=O)[nH]cc(C(=O)NC(C)(CN)C2CC2)c1=O. The molecule has 0 aromatic carbocycles. The number of H-pyrrole nitrogens is 1. The summed E-state index contributed by atoms with van der Waals surface area (Å²) in [5, 5.41) is 2.81. The van der Waals surface area contributed by atoms with Crippen molar-refractivity contribution < 1.29 is 4.79 Å². The zero-order chi connectivity index (χ0) is 14.2. The van der Waals surface area contributed by atoms with Gasteiger partial charge in [-0.15, -0.1) is 0 Å². The monoisotopic (exact) mass is 266 g/mol. The third-order valence-corrected chi connectivity index (χ3v) is 3.73. The highest BCUT2D eigenvalue weighted by molar-refractivity contribution is 5.94. The molecule has 0 spiro atoms. The molecule has 2 rings (SSSR count). The first-order valence-corrected chi connectivity index (χ1v) is 6.20. The Kier molecular flexibility index (Phi) is 3.32. The number of hydrogen-bond donors (Lipinski definition) is 3. The molecule has 1 atom stereocenters. The molecule has 1 fully saturated rings. The molecule has 0 saturated heterocycles. The molecular weight excluding hydrogens is 248 g/mol. The number of nitrogens with zero attached hydrogens (tertiary/aromatic N) is 1. The van der Waals surface area contributed by atoms with Gasteiger partial charge in [0.15, 0.2) is 0 Å². The van der Waals surface area contributed by atoms with Crippen molar-refractivity contribution in [3.63, 3.8) is 0 Å². The van der Waals surface area contributed by atoms with E-state index >= 15 is 0 Å². The fourth-order valence-corrected chi connectivity index (χ4v) is 2.09. The van der Waals surface area contributed by atoms with E-state index < -0.39 is 22.7 Å². The molecule has 19 heavy (non-hydrogen) atoms. The molecule has 1 saturated carbocycles. The first-order chi connectivity index (χ1) is 8.89. The van der Waals surface area contributed by atoms with Gasteiger partial charge in [0.05, 0.1) is 5.54 Å². The van der Waals surface area contributed by atoms with E-state index in [1.807, 2.05) is 6.92 Å². The van der Waals surface area contributed by atoms with Crippen molar-refractivity contribution in [1.82, 2.24) is 14.9 Å². The van der Waals surface area contributed by atoms with Crippen LogP contribution >= 0.6 is 0 Å². The highest BCUT2D eigenvalue weighted by atomic mass is 16.2. The van der Waals surface area contributed by atoms with Gasteiger partial charge in [-0.05, 0) is 25.7 Å². The normalized spacial score (nSPS) is 17.8. The fraction of sp³-hybridized carbons (Fsp3) is 0.583. The van der Waals surface area contributed by atoms with Crippen molar-refractivity contribution in [3.8, 4) is 0 Å². The zero-order valence-corrected chi connectivity index (χ0v) is 11.0. The van der Waals surface area contributed by atoms with Gasteiger partial charge in [0.1, 0.15) is 5.56 Å². The van der Waals surface area contributed by atoms with Crippen LogP contribution in [0.4, 0.5) is 0 Å². The Labute approximate surface area is 109 Å². The Morgan fingerprint density at radius 1 is 1.58 bits per heavy atom. The molecule has 7 nitrogen and oxygen atoms in total. The number of nitrogens with one attached hydrogen (secondary N) is 2. The van der Waals surface area contributed by atoms with Gasteiger partial charge in [0, 0.05) is 19.8 Å². The van der Waals surface area contributed by atoms with E-state index in [9.17, 15) is 14.4 Å². The second-order valence-corrected chi connectivity index (χ2v) is 5.22. The number of carbonyl (C=O) groups excluding carboxylic acids is 1. The number of carbonyl (C=O) groups is 1. The van der Waals surface area contributed by atoms with E-state index in [0.717, 1.165) is 23.6 Å². The average molecular weight is 266 g/mol. The molecule has 1 heterocycles. The molecule has 1 unspecified atom stereocenters. The summed E-state index contributed by atoms with van der Waals surface area (Å²) >= 11 is 0. The molecule has 1 aliphatic carbocycles. The number of amides is 1. The van der Waals surface area contributed by atoms with Crippen LogP contribution in [0.1, 0.15) is 30.1 Å². The minimum Gasteiger partial charge on any atom is -0.345 e. The minimum absolute atomic E-state index is 0.0811. The summed E-state index contributed by atoms with van der Waals surface area (Å²) < 4.78 is 0.867. The first-order valence-electron chi connectivity index (χ1n) is 6.20. The number of nitrogens with two attached hydrogens (primary N) is 1. The maximum Gasteiger partial charge on any atom is 0.328 e. The molecule has 104 valence electrons. The summed E-state index contributed by atoms with van der Waals surface area (Å²) in [5.74, 6) is -0.148. The molecule has 0 radical (unpaired) electrons. The van der Waals surface area contributed by atoms with Crippen LogP contribution in [0.5, 0.6) is 0 Å². The highest BCUT2D eigenvalue weighted by Crippen LogP contribution is 2.38. The smallest absolute Gasteiger partial charge is 0.328 e. The number of aromatic nitrogens is 2. The molecule has 1 amide bonds. The topological polar surface area (TPSA) is 110 Å². The van der Waals surface area contributed by atoms with Crippen molar-refractivity contribution in [3.05, 3.63) is 32.6 Å². The van der Waals surface area contributed by atoms with E-state index in [1.165, 1.54) is 7.05 Å². The summed E-state index contributed by atoms with van der Waals surface area (Å²) in [5.41, 5.74) is 3.96. The van der Waals surface area contributed by atoms with Crippen LogP contribution < -0.4 is 22.3 Å². The van der Waals surface area contributed by atoms with Crippen molar-refractivity contribution in [2.24, 2.45) is 18.7 Å². The molecule has 0 aliphatic heterocycles. The molecule has 1 aromatic rings. The van der Waals surface area contributed by atoms with E-state index in [-0.39, 0.29) is 5.56 Å². The lowest BCUT2D eigenvalue weighted by molar-refractivity contribution is 0.0895. The molecule has 1 aromatic heterocycles. The number of hydrogen-bond acceptors (Lipinski definition) is 4. The van der Waals surface area contributed by atoms with Crippen molar-refractivity contribution in [1.29, 1.82) is 0 Å². The van der Waals surface area contributed by atoms with Crippen LogP contribution in [0.3, 0.4) is 0 Å². The minimum atomic E-state index is -0.614. The van der Waals surface area contributed by atoms with Gasteiger partial charge >= 0.3 is 5.69 Å². The Morgan fingerprint density at radius 2 is 2.21 bits per heavy atom. The standard InChI is InChI=1S/C12H18N4O3/c1-12(6-13,7-3-4-7)15-9(17)8-5-14-11(19)16(2)10(8)18/h5,7H,3-4,6,13H2,1-2H3,(H,14,19)(H,15,17). The van der Waals surface area contributed by atoms with Crippen molar-refractivity contribution >= 4 is 5.91 Å². The van der Waals surface area contributed by atoms with Gasteiger partial charge < -0.3 is 16.0 Å². The zero-order valence-electron chi connectivity index (χ0n) is 11.0.